The summed E-state index contributed by atoms with van der Waals surface area (Å²) in [4.78, 5) is 25.8. The first-order valence-electron chi connectivity index (χ1n) is 8.80. The summed E-state index contributed by atoms with van der Waals surface area (Å²) in [6.45, 7) is 5.37. The van der Waals surface area contributed by atoms with E-state index < -0.39 is 39.8 Å². The largest absolute Gasteiger partial charge is 0.444 e. The zero-order valence-corrected chi connectivity index (χ0v) is 16.4. The molecule has 0 radical (unpaired) electrons. The molecule has 2 aliphatic heterocycles. The van der Waals surface area contributed by atoms with Crippen LogP contribution >= 0.6 is 0 Å². The number of alkyl carbamates (subject to hydrolysis) is 1. The normalized spacial score (nSPS) is 25.4. The number of benzene rings is 1. The van der Waals surface area contributed by atoms with Crippen LogP contribution in [-0.4, -0.2) is 61.6 Å². The number of sulfone groups is 1. The SMILES string of the molecule is CC(C)(C)OC(=O)N1C[C@@H]2NC(=O)O[C@@H]2C[C@H]1CS(=O)(=O)c1ccccc1. The Labute approximate surface area is 158 Å². The van der Waals surface area contributed by atoms with Gasteiger partial charge in [-0.25, -0.2) is 18.0 Å². The van der Waals surface area contributed by atoms with E-state index in [1.165, 1.54) is 17.0 Å². The van der Waals surface area contributed by atoms with Gasteiger partial charge in [0.25, 0.3) is 0 Å². The summed E-state index contributed by atoms with van der Waals surface area (Å²) in [5.74, 6) is -0.267. The minimum absolute atomic E-state index is 0.139. The highest BCUT2D eigenvalue weighted by Crippen LogP contribution is 2.28. The third-order valence-corrected chi connectivity index (χ3v) is 6.31. The average Bonchev–Trinajstić information content (AvgIpc) is 2.92. The van der Waals surface area contributed by atoms with Crippen molar-refractivity contribution in [3.63, 3.8) is 0 Å². The molecule has 3 rings (SSSR count). The number of nitrogens with one attached hydrogen (secondary N) is 1. The summed E-state index contributed by atoms with van der Waals surface area (Å²) >= 11 is 0. The van der Waals surface area contributed by atoms with Crippen molar-refractivity contribution in [3.8, 4) is 0 Å². The molecule has 27 heavy (non-hydrogen) atoms. The fraction of sp³-hybridized carbons (Fsp3) is 0.556. The van der Waals surface area contributed by atoms with E-state index in [1.807, 2.05) is 0 Å². The Bertz CT molecular complexity index is 818. The van der Waals surface area contributed by atoms with E-state index in [0.717, 1.165) is 0 Å². The highest BCUT2D eigenvalue weighted by atomic mass is 32.2. The van der Waals surface area contributed by atoms with Crippen LogP contribution in [0.1, 0.15) is 27.2 Å². The van der Waals surface area contributed by atoms with Crippen molar-refractivity contribution >= 4 is 22.0 Å². The van der Waals surface area contributed by atoms with Crippen LogP contribution in [0.4, 0.5) is 9.59 Å². The molecule has 2 amide bonds. The van der Waals surface area contributed by atoms with E-state index in [4.69, 9.17) is 9.47 Å². The Kier molecular flexibility index (Phi) is 5.07. The smallest absolute Gasteiger partial charge is 0.410 e. The summed E-state index contributed by atoms with van der Waals surface area (Å²) in [6, 6.07) is 7.06. The number of carbonyl (C=O) groups is 2. The van der Waals surface area contributed by atoms with Gasteiger partial charge in [0.05, 0.1) is 22.7 Å². The minimum atomic E-state index is -3.62. The molecule has 0 aliphatic carbocycles. The fourth-order valence-electron chi connectivity index (χ4n) is 3.31. The highest BCUT2D eigenvalue weighted by Gasteiger charge is 2.46. The number of fused-ring (bicyclic) bond motifs is 1. The summed E-state index contributed by atoms with van der Waals surface area (Å²) in [6.07, 6.45) is -1.39. The van der Waals surface area contributed by atoms with Gasteiger partial charge in [-0.15, -0.1) is 0 Å². The van der Waals surface area contributed by atoms with Gasteiger partial charge >= 0.3 is 12.2 Å². The molecule has 0 aromatic heterocycles. The van der Waals surface area contributed by atoms with Crippen LogP contribution in [0, 0.1) is 0 Å². The first-order valence-corrected chi connectivity index (χ1v) is 10.4. The van der Waals surface area contributed by atoms with Gasteiger partial charge in [-0.2, -0.15) is 0 Å². The molecule has 2 fully saturated rings. The minimum Gasteiger partial charge on any atom is -0.444 e. The maximum absolute atomic E-state index is 12.8. The molecule has 0 saturated carbocycles. The number of piperidine rings is 1. The van der Waals surface area contributed by atoms with Crippen molar-refractivity contribution < 1.29 is 27.5 Å². The molecule has 9 heteroatoms. The van der Waals surface area contributed by atoms with Crippen LogP contribution in [-0.2, 0) is 19.3 Å². The maximum Gasteiger partial charge on any atom is 0.410 e. The molecule has 0 unspecified atom stereocenters. The van der Waals surface area contributed by atoms with Crippen LogP contribution in [0.3, 0.4) is 0 Å². The number of hydrogen-bond acceptors (Lipinski definition) is 6. The summed E-state index contributed by atoms with van der Waals surface area (Å²) in [5, 5.41) is 2.66. The standard InChI is InChI=1S/C18H24N2O6S/c1-18(2,3)26-17(22)20-10-14-15(25-16(21)19-14)9-12(20)11-27(23,24)13-7-5-4-6-8-13/h4-8,12,14-15H,9-11H2,1-3H3,(H,19,21)/t12-,14-,15+/m0/s1. The lowest BCUT2D eigenvalue weighted by Crippen LogP contribution is -2.58. The van der Waals surface area contributed by atoms with E-state index >= 15 is 0 Å². The van der Waals surface area contributed by atoms with Crippen LogP contribution in [0.2, 0.25) is 0 Å². The second-order valence-corrected chi connectivity index (χ2v) is 9.85. The number of hydrogen-bond donors (Lipinski definition) is 1. The summed E-state index contributed by atoms with van der Waals surface area (Å²) < 4.78 is 36.3. The van der Waals surface area contributed by atoms with E-state index in [2.05, 4.69) is 5.32 Å². The molecule has 148 valence electrons. The number of nitrogens with zero attached hydrogens (tertiary/aromatic N) is 1. The number of ether oxygens (including phenoxy) is 2. The lowest BCUT2D eigenvalue weighted by Gasteiger charge is -2.40. The molecule has 8 nitrogen and oxygen atoms in total. The Hall–Kier alpha value is -2.29. The first kappa shape index (κ1) is 19.5. The summed E-state index contributed by atoms with van der Waals surface area (Å²) in [5.41, 5.74) is -0.716. The van der Waals surface area contributed by atoms with Gasteiger partial charge in [-0.05, 0) is 32.9 Å². The molecule has 2 saturated heterocycles. The van der Waals surface area contributed by atoms with Crippen LogP contribution < -0.4 is 5.32 Å². The number of rotatable bonds is 3. The molecule has 2 heterocycles. The van der Waals surface area contributed by atoms with Crippen LogP contribution in [0.15, 0.2) is 35.2 Å². The van der Waals surface area contributed by atoms with Crippen molar-refractivity contribution in [1.29, 1.82) is 0 Å². The second-order valence-electron chi connectivity index (χ2n) is 7.81. The Morgan fingerprint density at radius 3 is 2.59 bits per heavy atom. The predicted molar refractivity (Wildman–Crippen MR) is 97.0 cm³/mol. The van der Waals surface area contributed by atoms with E-state index in [-0.39, 0.29) is 29.7 Å². The number of likely N-dealkylation sites (tertiary alicyclic amines) is 1. The molecular formula is C18H24N2O6S. The van der Waals surface area contributed by atoms with Gasteiger partial charge in [0.2, 0.25) is 0 Å². The van der Waals surface area contributed by atoms with Crippen LogP contribution in [0.5, 0.6) is 0 Å². The van der Waals surface area contributed by atoms with E-state index in [1.54, 1.807) is 39.0 Å². The molecule has 2 aliphatic rings. The molecule has 3 atom stereocenters. The Balaban J connectivity index is 1.84. The lowest BCUT2D eigenvalue weighted by molar-refractivity contribution is -0.00320. The van der Waals surface area contributed by atoms with E-state index in [0.29, 0.717) is 0 Å². The maximum atomic E-state index is 12.8. The monoisotopic (exact) mass is 396 g/mol. The Morgan fingerprint density at radius 2 is 1.96 bits per heavy atom. The van der Waals surface area contributed by atoms with Crippen molar-refractivity contribution in [3.05, 3.63) is 30.3 Å². The molecule has 1 aromatic rings. The third kappa shape index (κ3) is 4.52. The van der Waals surface area contributed by atoms with Crippen LogP contribution in [0.25, 0.3) is 0 Å². The molecule has 1 aromatic carbocycles. The average molecular weight is 396 g/mol. The molecular weight excluding hydrogens is 372 g/mol. The van der Waals surface area contributed by atoms with Crippen molar-refractivity contribution in [2.45, 2.75) is 55.9 Å². The van der Waals surface area contributed by atoms with Crippen molar-refractivity contribution in [1.82, 2.24) is 10.2 Å². The molecule has 0 spiro atoms. The zero-order chi connectivity index (χ0) is 19.8. The van der Waals surface area contributed by atoms with Gasteiger partial charge in [-0.3, -0.25) is 0 Å². The topological polar surface area (TPSA) is 102 Å². The van der Waals surface area contributed by atoms with Gasteiger partial charge in [0.1, 0.15) is 11.7 Å². The predicted octanol–water partition coefficient (Wildman–Crippen LogP) is 1.95. The quantitative estimate of drug-likeness (QED) is 0.838. The van der Waals surface area contributed by atoms with Gasteiger partial charge in [-0.1, -0.05) is 18.2 Å². The second kappa shape index (κ2) is 7.03. The number of amides is 2. The zero-order valence-electron chi connectivity index (χ0n) is 15.5. The first-order chi connectivity index (χ1) is 12.5. The molecule has 0 bridgehead atoms. The van der Waals surface area contributed by atoms with Crippen molar-refractivity contribution in [2.24, 2.45) is 0 Å². The fourth-order valence-corrected chi connectivity index (χ4v) is 4.90. The van der Waals surface area contributed by atoms with Gasteiger partial charge in [0, 0.05) is 13.0 Å². The van der Waals surface area contributed by atoms with E-state index in [9.17, 15) is 18.0 Å². The molecule has 1 N–H and O–H groups in total. The third-order valence-electron chi connectivity index (χ3n) is 4.49. The Morgan fingerprint density at radius 1 is 1.30 bits per heavy atom. The lowest BCUT2D eigenvalue weighted by atomic mass is 9.97. The van der Waals surface area contributed by atoms with Gasteiger partial charge in [0.15, 0.2) is 9.84 Å². The van der Waals surface area contributed by atoms with Crippen molar-refractivity contribution in [2.75, 3.05) is 12.3 Å². The van der Waals surface area contributed by atoms with Gasteiger partial charge < -0.3 is 19.7 Å². The number of carbonyl (C=O) groups excluding carboxylic acids is 2. The summed E-state index contributed by atoms with van der Waals surface area (Å²) in [7, 11) is -3.62. The highest BCUT2D eigenvalue weighted by molar-refractivity contribution is 7.91.